The fourth-order valence-electron chi connectivity index (χ4n) is 5.21. The predicted octanol–water partition coefficient (Wildman–Crippen LogP) is 6.16. The summed E-state index contributed by atoms with van der Waals surface area (Å²) < 4.78 is 6.07. The molecule has 3 aromatic rings. The van der Waals surface area contributed by atoms with E-state index < -0.39 is 12.0 Å². The lowest BCUT2D eigenvalue weighted by Crippen LogP contribution is -2.49. The van der Waals surface area contributed by atoms with E-state index in [9.17, 15) is 9.59 Å². The molecule has 3 N–H and O–H groups in total. The van der Waals surface area contributed by atoms with Gasteiger partial charge in [0.2, 0.25) is 11.8 Å². The minimum Gasteiger partial charge on any atom is -0.457 e. The van der Waals surface area contributed by atoms with Crippen LogP contribution in [0.3, 0.4) is 0 Å². The van der Waals surface area contributed by atoms with Crippen molar-refractivity contribution in [3.8, 4) is 23.8 Å². The van der Waals surface area contributed by atoms with Crippen LogP contribution in [0.4, 0.5) is 0 Å². The lowest BCUT2D eigenvalue weighted by atomic mass is 9.85. The van der Waals surface area contributed by atoms with Crippen LogP contribution in [-0.2, 0) is 16.0 Å². The van der Waals surface area contributed by atoms with Gasteiger partial charge in [0, 0.05) is 31.6 Å². The molecule has 0 radical (unpaired) electrons. The molecule has 0 aliphatic carbocycles. The second-order valence-electron chi connectivity index (χ2n) is 12.3. The number of amides is 2. The van der Waals surface area contributed by atoms with Crippen molar-refractivity contribution in [2.75, 3.05) is 26.7 Å². The van der Waals surface area contributed by atoms with Gasteiger partial charge in [0.1, 0.15) is 17.5 Å². The summed E-state index contributed by atoms with van der Waals surface area (Å²) in [6.45, 7) is 11.7. The van der Waals surface area contributed by atoms with Gasteiger partial charge in [0.25, 0.3) is 0 Å². The Bertz CT molecular complexity index is 1400. The van der Waals surface area contributed by atoms with Crippen LogP contribution < -0.4 is 15.8 Å². The van der Waals surface area contributed by atoms with Crippen LogP contribution in [0, 0.1) is 18.3 Å². The smallest absolute Gasteiger partial charge is 0.247 e. The van der Waals surface area contributed by atoms with Crippen molar-refractivity contribution in [1.29, 1.82) is 0 Å². The molecule has 45 heavy (non-hydrogen) atoms. The van der Waals surface area contributed by atoms with Crippen molar-refractivity contribution in [2.24, 2.45) is 11.7 Å². The number of nitrogens with two attached hydrogens (primary N) is 1. The maximum absolute atomic E-state index is 14.3. The number of hydrogen-bond donors (Lipinski definition) is 2. The first-order valence-corrected chi connectivity index (χ1v) is 15.9. The minimum atomic E-state index is -0.742. The summed E-state index contributed by atoms with van der Waals surface area (Å²) in [4.78, 5) is 32.1. The number of rotatable bonds is 11. The summed E-state index contributed by atoms with van der Waals surface area (Å²) in [7, 11) is 2.04. The molecule has 3 aromatic carbocycles. The monoisotopic (exact) mass is 610 g/mol. The second kappa shape index (κ2) is 17.4. The Balaban J connectivity index is 0.00000130. The Morgan fingerprint density at radius 3 is 2.22 bits per heavy atom. The predicted molar refractivity (Wildman–Crippen MR) is 183 cm³/mol. The molecule has 3 unspecified atom stereocenters. The molecule has 7 heteroatoms. The largest absolute Gasteiger partial charge is 0.457 e. The maximum atomic E-state index is 14.3. The number of fused-ring (bicyclic) bond motifs is 1. The summed E-state index contributed by atoms with van der Waals surface area (Å²) in [5.41, 5.74) is 7.86. The number of nitrogens with zero attached hydrogens (tertiary/aromatic N) is 2. The number of carbonyl (C=O) groups excluding carboxylic acids is 2. The molecule has 0 spiro atoms. The Labute approximate surface area is 270 Å². The fourth-order valence-corrected chi connectivity index (χ4v) is 5.21. The molecule has 240 valence electrons. The lowest BCUT2D eigenvalue weighted by molar-refractivity contribution is -0.142. The quantitative estimate of drug-likeness (QED) is 0.254. The molecular formula is C38H50N4O3. The van der Waals surface area contributed by atoms with Gasteiger partial charge in [0.05, 0.1) is 5.92 Å². The zero-order valence-electron chi connectivity index (χ0n) is 27.7. The van der Waals surface area contributed by atoms with Gasteiger partial charge < -0.3 is 25.6 Å². The number of ether oxygens (including phenoxy) is 1. The van der Waals surface area contributed by atoms with Crippen LogP contribution in [0.1, 0.15) is 69.7 Å². The highest BCUT2D eigenvalue weighted by molar-refractivity contribution is 5.92. The average molecular weight is 611 g/mol. The maximum Gasteiger partial charge on any atom is 0.247 e. The third kappa shape index (κ3) is 10.5. The molecule has 0 aromatic heterocycles. The summed E-state index contributed by atoms with van der Waals surface area (Å²) in [6.07, 6.45) is 6.87. The van der Waals surface area contributed by atoms with Gasteiger partial charge in [-0.1, -0.05) is 75.4 Å². The Morgan fingerprint density at radius 1 is 1.00 bits per heavy atom. The molecule has 1 aliphatic heterocycles. The van der Waals surface area contributed by atoms with Gasteiger partial charge in [-0.15, -0.1) is 12.3 Å². The van der Waals surface area contributed by atoms with Gasteiger partial charge in [-0.05, 0) is 80.7 Å². The van der Waals surface area contributed by atoms with E-state index in [4.69, 9.17) is 16.9 Å². The standard InChI is InChI=1S/C35H41N3O3.C3H9N/c1-6-26(4)23-32(27-13-9-7-10-14-27)35(40)38-21-19-28-24-30(41-29-15-11-8-12-16-29)17-18-31(28)33(38)34(39)36-20-22-37(5)25(2)3;1-3(2)4/h1,7-18,24-26,32-33H,19-23H2,2-5H3,(H,36,39);3H,4H2,1-2H3. The topological polar surface area (TPSA) is 87.9 Å². The molecule has 0 fully saturated rings. The number of para-hydroxylation sites is 1. The van der Waals surface area contributed by atoms with E-state index in [0.717, 1.165) is 22.4 Å². The van der Waals surface area contributed by atoms with E-state index in [1.165, 1.54) is 0 Å². The van der Waals surface area contributed by atoms with Crippen LogP contribution in [-0.4, -0.2) is 60.4 Å². The Kier molecular flexibility index (Phi) is 13.7. The van der Waals surface area contributed by atoms with E-state index in [1.54, 1.807) is 4.90 Å². The first-order valence-electron chi connectivity index (χ1n) is 15.9. The van der Waals surface area contributed by atoms with Crippen LogP contribution in [0.15, 0.2) is 78.9 Å². The van der Waals surface area contributed by atoms with E-state index in [0.29, 0.717) is 50.3 Å². The average Bonchev–Trinajstić information content (AvgIpc) is 3.03. The van der Waals surface area contributed by atoms with Crippen LogP contribution in [0.25, 0.3) is 0 Å². The van der Waals surface area contributed by atoms with E-state index >= 15 is 0 Å². The van der Waals surface area contributed by atoms with Crippen LogP contribution in [0.5, 0.6) is 11.5 Å². The second-order valence-corrected chi connectivity index (χ2v) is 12.3. The highest BCUT2D eigenvalue weighted by atomic mass is 16.5. The molecule has 1 aliphatic rings. The minimum absolute atomic E-state index is 0.0759. The third-order valence-electron chi connectivity index (χ3n) is 7.87. The molecular weight excluding hydrogens is 560 g/mol. The van der Waals surface area contributed by atoms with E-state index in [2.05, 4.69) is 30.0 Å². The van der Waals surface area contributed by atoms with Crippen molar-refractivity contribution in [2.45, 2.75) is 71.5 Å². The zero-order chi connectivity index (χ0) is 32.9. The van der Waals surface area contributed by atoms with Crippen molar-refractivity contribution in [3.05, 3.63) is 95.6 Å². The fraction of sp³-hybridized carbons (Fsp3) is 0.421. The number of hydrogen-bond acceptors (Lipinski definition) is 5. The van der Waals surface area contributed by atoms with Crippen LogP contribution in [0.2, 0.25) is 0 Å². The molecule has 1 heterocycles. The number of benzene rings is 3. The van der Waals surface area contributed by atoms with Crippen molar-refractivity contribution >= 4 is 11.8 Å². The highest BCUT2D eigenvalue weighted by Gasteiger charge is 2.39. The summed E-state index contributed by atoms with van der Waals surface area (Å²) in [5, 5.41) is 3.11. The van der Waals surface area contributed by atoms with Gasteiger partial charge >= 0.3 is 0 Å². The van der Waals surface area contributed by atoms with Gasteiger partial charge in [0.15, 0.2) is 0 Å². The van der Waals surface area contributed by atoms with E-state index in [-0.39, 0.29) is 17.7 Å². The van der Waals surface area contributed by atoms with Gasteiger partial charge in [-0.25, -0.2) is 0 Å². The molecule has 2 amide bonds. The molecule has 0 saturated carbocycles. The summed E-state index contributed by atoms with van der Waals surface area (Å²) in [5.74, 6) is 3.46. The summed E-state index contributed by atoms with van der Waals surface area (Å²) in [6, 6.07) is 25.1. The number of terminal acetylenes is 1. The van der Waals surface area contributed by atoms with Gasteiger partial charge in [-0.2, -0.15) is 0 Å². The molecule has 0 saturated heterocycles. The van der Waals surface area contributed by atoms with Crippen LogP contribution >= 0.6 is 0 Å². The Hall–Kier alpha value is -4.12. The van der Waals surface area contributed by atoms with Crippen molar-refractivity contribution in [3.63, 3.8) is 0 Å². The normalized spacial score (nSPS) is 15.4. The molecule has 7 nitrogen and oxygen atoms in total. The highest BCUT2D eigenvalue weighted by Crippen LogP contribution is 2.37. The molecule has 0 bridgehead atoms. The molecule has 4 rings (SSSR count). The van der Waals surface area contributed by atoms with Crippen molar-refractivity contribution in [1.82, 2.24) is 15.1 Å². The zero-order valence-corrected chi connectivity index (χ0v) is 27.7. The number of likely N-dealkylation sites (N-methyl/N-ethyl adjacent to an activating group) is 1. The Morgan fingerprint density at radius 2 is 1.62 bits per heavy atom. The first kappa shape index (κ1) is 35.4. The lowest BCUT2D eigenvalue weighted by Gasteiger charge is -2.39. The molecule has 3 atom stereocenters. The number of carbonyl (C=O) groups is 2. The SMILES string of the molecule is C#CC(C)CC(C(=O)N1CCc2cc(Oc3ccccc3)ccc2C1C(=O)NCCN(C)C(C)C)c1ccccc1.CC(C)N. The number of nitrogens with one attached hydrogen (secondary N) is 1. The summed E-state index contributed by atoms with van der Waals surface area (Å²) >= 11 is 0. The van der Waals surface area contributed by atoms with Crippen molar-refractivity contribution < 1.29 is 14.3 Å². The first-order chi connectivity index (χ1) is 21.5. The van der Waals surface area contributed by atoms with Gasteiger partial charge in [-0.3, -0.25) is 9.59 Å². The third-order valence-corrected chi connectivity index (χ3v) is 7.87. The van der Waals surface area contributed by atoms with E-state index in [1.807, 2.05) is 107 Å².